The van der Waals surface area contributed by atoms with E-state index < -0.39 is 5.25 Å². The van der Waals surface area contributed by atoms with E-state index in [4.69, 9.17) is 23.2 Å². The molecule has 1 heterocycles. The van der Waals surface area contributed by atoms with Gasteiger partial charge in [0.1, 0.15) is 0 Å². The molecule has 2 aromatic carbocycles. The molecule has 31 heavy (non-hydrogen) atoms. The van der Waals surface area contributed by atoms with Crippen LogP contribution in [0.5, 0.6) is 0 Å². The second-order valence-electron chi connectivity index (χ2n) is 7.50. The van der Waals surface area contributed by atoms with E-state index in [0.29, 0.717) is 20.9 Å². The first-order chi connectivity index (χ1) is 14.7. The lowest BCUT2D eigenvalue weighted by molar-refractivity contribution is -0.115. The molecule has 0 spiro atoms. The molecule has 2 atom stereocenters. The molecule has 6 nitrogen and oxygen atoms in total. The molecule has 1 amide bonds. The van der Waals surface area contributed by atoms with Crippen molar-refractivity contribution in [3.63, 3.8) is 0 Å². The lowest BCUT2D eigenvalue weighted by Crippen LogP contribution is -2.24. The summed E-state index contributed by atoms with van der Waals surface area (Å²) in [7, 11) is 3.98. The lowest BCUT2D eigenvalue weighted by Gasteiger charge is -2.21. The average molecular weight is 478 g/mol. The van der Waals surface area contributed by atoms with E-state index >= 15 is 0 Å². The second-order valence-corrected chi connectivity index (χ2v) is 9.68. The van der Waals surface area contributed by atoms with Crippen molar-refractivity contribution in [3.05, 3.63) is 63.9 Å². The predicted octanol–water partition coefficient (Wildman–Crippen LogP) is 5.62. The number of carbonyl (C=O) groups is 1. The zero-order chi connectivity index (χ0) is 22.7. The van der Waals surface area contributed by atoms with Gasteiger partial charge in [-0.25, -0.2) is 0 Å². The van der Waals surface area contributed by atoms with Gasteiger partial charge >= 0.3 is 0 Å². The molecule has 3 aromatic rings. The predicted molar refractivity (Wildman–Crippen MR) is 129 cm³/mol. The molecule has 0 bridgehead atoms. The van der Waals surface area contributed by atoms with Gasteiger partial charge in [0.05, 0.1) is 11.3 Å². The van der Waals surface area contributed by atoms with Crippen molar-refractivity contribution in [3.8, 4) is 5.69 Å². The van der Waals surface area contributed by atoms with Crippen molar-refractivity contribution in [1.29, 1.82) is 0 Å². The molecule has 0 radical (unpaired) electrons. The summed E-state index contributed by atoms with van der Waals surface area (Å²) in [6, 6.07) is 12.9. The topological polar surface area (TPSA) is 63.1 Å². The normalized spacial score (nSPS) is 13.3. The first-order valence-corrected chi connectivity index (χ1v) is 11.4. The number of hydrogen-bond donors (Lipinski definition) is 1. The monoisotopic (exact) mass is 477 g/mol. The highest BCUT2D eigenvalue weighted by Gasteiger charge is 2.24. The fourth-order valence-electron chi connectivity index (χ4n) is 2.87. The molecule has 1 aromatic heterocycles. The van der Waals surface area contributed by atoms with Crippen LogP contribution in [0.1, 0.15) is 31.3 Å². The number of amides is 1. The number of benzene rings is 2. The van der Waals surface area contributed by atoms with Crippen molar-refractivity contribution >= 4 is 46.6 Å². The molecular weight excluding hydrogens is 453 g/mol. The molecule has 9 heteroatoms. The number of rotatable bonds is 7. The van der Waals surface area contributed by atoms with Crippen LogP contribution < -0.4 is 5.32 Å². The minimum absolute atomic E-state index is 0.0239. The summed E-state index contributed by atoms with van der Waals surface area (Å²) >= 11 is 13.5. The summed E-state index contributed by atoms with van der Waals surface area (Å²) in [6.07, 6.45) is 0. The van der Waals surface area contributed by atoms with Crippen LogP contribution in [0.15, 0.2) is 47.6 Å². The van der Waals surface area contributed by atoms with Gasteiger partial charge < -0.3 is 5.32 Å². The molecule has 0 aliphatic heterocycles. The largest absolute Gasteiger partial charge is 0.325 e. The zero-order valence-corrected chi connectivity index (χ0v) is 20.4. The molecule has 1 N–H and O–H groups in total. The van der Waals surface area contributed by atoms with E-state index in [1.54, 1.807) is 12.1 Å². The van der Waals surface area contributed by atoms with Crippen LogP contribution in [-0.2, 0) is 4.79 Å². The van der Waals surface area contributed by atoms with E-state index in [9.17, 15) is 4.79 Å². The maximum Gasteiger partial charge on any atom is 0.237 e. The minimum atomic E-state index is -0.406. The van der Waals surface area contributed by atoms with Crippen LogP contribution in [-0.4, -0.2) is 44.9 Å². The average Bonchev–Trinajstić information content (AvgIpc) is 3.13. The molecule has 0 saturated heterocycles. The smallest absolute Gasteiger partial charge is 0.237 e. The number of aromatic nitrogens is 3. The molecule has 3 rings (SSSR count). The highest BCUT2D eigenvalue weighted by atomic mass is 35.5. The maximum atomic E-state index is 12.9. The van der Waals surface area contributed by atoms with E-state index in [2.05, 4.69) is 27.3 Å². The van der Waals surface area contributed by atoms with Crippen LogP contribution in [0.2, 0.25) is 10.0 Å². The first-order valence-electron chi connectivity index (χ1n) is 9.78. The summed E-state index contributed by atoms with van der Waals surface area (Å²) in [4.78, 5) is 14.9. The lowest BCUT2D eigenvalue weighted by atomic mass is 10.2. The Morgan fingerprint density at radius 2 is 1.71 bits per heavy atom. The van der Waals surface area contributed by atoms with Crippen molar-refractivity contribution in [2.45, 2.75) is 37.2 Å². The Bertz CT molecular complexity index is 1070. The molecular formula is C22H25Cl2N5OS. The minimum Gasteiger partial charge on any atom is -0.325 e. The van der Waals surface area contributed by atoms with Gasteiger partial charge in [0, 0.05) is 21.4 Å². The van der Waals surface area contributed by atoms with Gasteiger partial charge in [-0.05, 0) is 76.8 Å². The molecule has 0 saturated carbocycles. The molecule has 164 valence electrons. The van der Waals surface area contributed by atoms with E-state index in [-0.39, 0.29) is 11.9 Å². The van der Waals surface area contributed by atoms with Crippen molar-refractivity contribution in [2.75, 3.05) is 19.4 Å². The molecule has 2 unspecified atom stereocenters. The maximum absolute atomic E-state index is 12.9. The Hall–Kier alpha value is -2.06. The molecule has 0 fully saturated rings. The van der Waals surface area contributed by atoms with Gasteiger partial charge in [-0.2, -0.15) is 0 Å². The number of halogens is 2. The van der Waals surface area contributed by atoms with E-state index in [0.717, 1.165) is 17.1 Å². The van der Waals surface area contributed by atoms with Gasteiger partial charge in [0.15, 0.2) is 11.0 Å². The Kier molecular flexibility index (Phi) is 7.64. The number of hydrogen-bond acceptors (Lipinski definition) is 5. The van der Waals surface area contributed by atoms with Crippen LogP contribution in [0.4, 0.5) is 5.69 Å². The third-order valence-electron chi connectivity index (χ3n) is 5.00. The Morgan fingerprint density at radius 3 is 2.35 bits per heavy atom. The van der Waals surface area contributed by atoms with Crippen molar-refractivity contribution in [2.24, 2.45) is 0 Å². The van der Waals surface area contributed by atoms with Crippen molar-refractivity contribution < 1.29 is 4.79 Å². The fourth-order valence-corrected chi connectivity index (χ4v) is 4.04. The summed E-state index contributed by atoms with van der Waals surface area (Å²) in [5.74, 6) is 0.649. The van der Waals surface area contributed by atoms with Gasteiger partial charge in [-0.3, -0.25) is 14.3 Å². The highest BCUT2D eigenvalue weighted by molar-refractivity contribution is 8.00. The number of nitrogens with one attached hydrogen (secondary N) is 1. The third-order valence-corrected chi connectivity index (χ3v) is 6.53. The highest BCUT2D eigenvalue weighted by Crippen LogP contribution is 2.30. The Labute approximate surface area is 196 Å². The standard InChI is InChI=1S/C22H25Cl2N5OS/c1-13-6-7-17(24)12-19(13)25-21(30)15(3)31-22-27-26-20(14(2)28(4)5)29(22)18-10-8-16(23)9-11-18/h6-12,14-15H,1-5H3,(H,25,30). The number of thioether (sulfide) groups is 1. The summed E-state index contributed by atoms with van der Waals surface area (Å²) in [6.45, 7) is 5.83. The van der Waals surface area contributed by atoms with Crippen LogP contribution in [0.25, 0.3) is 5.69 Å². The molecule has 0 aliphatic carbocycles. The summed E-state index contributed by atoms with van der Waals surface area (Å²) < 4.78 is 1.97. The van der Waals surface area contributed by atoms with E-state index in [1.165, 1.54) is 11.8 Å². The Morgan fingerprint density at radius 1 is 1.06 bits per heavy atom. The van der Waals surface area contributed by atoms with Gasteiger partial charge in [0.25, 0.3) is 0 Å². The van der Waals surface area contributed by atoms with Crippen LogP contribution in [0, 0.1) is 6.92 Å². The van der Waals surface area contributed by atoms with Gasteiger partial charge in [0.2, 0.25) is 5.91 Å². The number of nitrogens with zero attached hydrogens (tertiary/aromatic N) is 4. The van der Waals surface area contributed by atoms with Gasteiger partial charge in [-0.1, -0.05) is 41.0 Å². The van der Waals surface area contributed by atoms with Crippen molar-refractivity contribution in [1.82, 2.24) is 19.7 Å². The fraction of sp³-hybridized carbons (Fsp3) is 0.318. The Balaban J connectivity index is 1.88. The van der Waals surface area contributed by atoms with Crippen LogP contribution in [0.3, 0.4) is 0 Å². The summed E-state index contributed by atoms with van der Waals surface area (Å²) in [5.41, 5.74) is 2.53. The number of aryl methyl sites for hydroxylation is 1. The second kappa shape index (κ2) is 10.0. The zero-order valence-electron chi connectivity index (χ0n) is 18.1. The summed E-state index contributed by atoms with van der Waals surface area (Å²) in [5, 5.41) is 13.2. The number of carbonyl (C=O) groups excluding carboxylic acids is 1. The van der Waals surface area contributed by atoms with Crippen LogP contribution >= 0.6 is 35.0 Å². The SMILES string of the molecule is Cc1ccc(Cl)cc1NC(=O)C(C)Sc1nnc(C(C)N(C)C)n1-c1ccc(Cl)cc1. The molecule has 0 aliphatic rings. The van der Waals surface area contributed by atoms with E-state index in [1.807, 2.05) is 62.8 Å². The first kappa shape index (κ1) is 23.6. The third kappa shape index (κ3) is 5.60. The van der Waals surface area contributed by atoms with Gasteiger partial charge in [-0.15, -0.1) is 10.2 Å². The quantitative estimate of drug-likeness (QED) is 0.447. The number of anilines is 1.